The van der Waals surface area contributed by atoms with E-state index in [9.17, 15) is 19.2 Å². The molecule has 2 fully saturated rings. The number of benzene rings is 1. The molecule has 9 nitrogen and oxygen atoms in total. The minimum absolute atomic E-state index is 0.0486. The van der Waals surface area contributed by atoms with Crippen molar-refractivity contribution in [2.75, 3.05) is 18.4 Å². The van der Waals surface area contributed by atoms with E-state index < -0.39 is 18.0 Å². The third-order valence-corrected chi connectivity index (χ3v) is 5.05. The summed E-state index contributed by atoms with van der Waals surface area (Å²) in [6.07, 6.45) is -0.365. The highest BCUT2D eigenvalue weighted by Gasteiger charge is 2.39. The zero-order valence-corrected chi connectivity index (χ0v) is 13.9. The van der Waals surface area contributed by atoms with E-state index >= 15 is 0 Å². The van der Waals surface area contributed by atoms with Crippen LogP contribution in [-0.4, -0.2) is 63.9 Å². The fourth-order valence-corrected chi connectivity index (χ4v) is 3.63. The Labute approximate surface area is 148 Å². The van der Waals surface area contributed by atoms with E-state index in [1.807, 2.05) is 6.07 Å². The van der Waals surface area contributed by atoms with Crippen molar-refractivity contribution >= 4 is 29.5 Å². The van der Waals surface area contributed by atoms with Gasteiger partial charge in [-0.25, -0.2) is 4.79 Å². The molecule has 3 aliphatic rings. The van der Waals surface area contributed by atoms with Gasteiger partial charge in [-0.3, -0.25) is 19.7 Å². The Morgan fingerprint density at radius 2 is 2.00 bits per heavy atom. The second-order valence-electron chi connectivity index (χ2n) is 6.80. The molecule has 26 heavy (non-hydrogen) atoms. The number of nitrogens with zero attached hydrogens (tertiary/aromatic N) is 2. The van der Waals surface area contributed by atoms with Gasteiger partial charge in [0.25, 0.3) is 5.91 Å². The lowest BCUT2D eigenvalue weighted by molar-refractivity contribution is -0.136. The van der Waals surface area contributed by atoms with E-state index in [0.717, 1.165) is 11.3 Å². The van der Waals surface area contributed by atoms with E-state index in [1.54, 1.807) is 12.1 Å². The summed E-state index contributed by atoms with van der Waals surface area (Å²) in [6, 6.07) is 4.79. The van der Waals surface area contributed by atoms with E-state index in [0.29, 0.717) is 31.6 Å². The van der Waals surface area contributed by atoms with Gasteiger partial charge in [0.05, 0.1) is 6.04 Å². The summed E-state index contributed by atoms with van der Waals surface area (Å²) in [7, 11) is 0. The molecule has 3 heterocycles. The molecule has 1 aromatic carbocycles. The van der Waals surface area contributed by atoms with Crippen molar-refractivity contribution in [3.8, 4) is 0 Å². The highest BCUT2D eigenvalue weighted by molar-refractivity contribution is 6.05. The molecule has 1 atom stereocenters. The standard InChI is InChI=1S/C17H18N4O5/c22-14-4-3-13(15(23)19-14)21-6-9-5-10(1-2-12(9)16(21)24)18-11-7-20(8-11)17(25)26/h1-2,5,11,13,18H,3-4,6-8H2,(H,25,26)(H,19,22,23). The van der Waals surface area contributed by atoms with Crippen LogP contribution in [0.2, 0.25) is 0 Å². The highest BCUT2D eigenvalue weighted by Crippen LogP contribution is 2.30. The number of hydrogen-bond acceptors (Lipinski definition) is 5. The fourth-order valence-electron chi connectivity index (χ4n) is 3.63. The van der Waals surface area contributed by atoms with Crippen LogP contribution in [-0.2, 0) is 16.1 Å². The molecular weight excluding hydrogens is 340 g/mol. The van der Waals surface area contributed by atoms with Crippen LogP contribution in [0.5, 0.6) is 0 Å². The number of rotatable bonds is 3. The monoisotopic (exact) mass is 358 g/mol. The van der Waals surface area contributed by atoms with E-state index in [1.165, 1.54) is 9.80 Å². The van der Waals surface area contributed by atoms with E-state index in [4.69, 9.17) is 5.11 Å². The third kappa shape index (κ3) is 2.75. The fraction of sp³-hybridized carbons (Fsp3) is 0.412. The van der Waals surface area contributed by atoms with Gasteiger partial charge in [-0.2, -0.15) is 0 Å². The topological polar surface area (TPSA) is 119 Å². The first kappa shape index (κ1) is 16.4. The Morgan fingerprint density at radius 3 is 2.69 bits per heavy atom. The first-order chi connectivity index (χ1) is 12.4. The quantitative estimate of drug-likeness (QED) is 0.665. The van der Waals surface area contributed by atoms with Crippen molar-refractivity contribution in [3.05, 3.63) is 29.3 Å². The molecule has 136 valence electrons. The second kappa shape index (κ2) is 6.01. The van der Waals surface area contributed by atoms with Crippen LogP contribution >= 0.6 is 0 Å². The van der Waals surface area contributed by atoms with Gasteiger partial charge in [0.2, 0.25) is 11.8 Å². The SMILES string of the molecule is O=C1CCC(N2Cc3cc(NC4CN(C(=O)O)C4)ccc3C2=O)C(=O)N1. The van der Waals surface area contributed by atoms with E-state index in [-0.39, 0.29) is 24.3 Å². The van der Waals surface area contributed by atoms with Crippen LogP contribution in [0.15, 0.2) is 18.2 Å². The minimum Gasteiger partial charge on any atom is -0.465 e. The van der Waals surface area contributed by atoms with Crippen LogP contribution in [0.25, 0.3) is 0 Å². The Bertz CT molecular complexity index is 817. The molecule has 2 saturated heterocycles. The summed E-state index contributed by atoms with van der Waals surface area (Å²) >= 11 is 0. The Hall–Kier alpha value is -3.10. The van der Waals surface area contributed by atoms with Crippen LogP contribution in [0.1, 0.15) is 28.8 Å². The number of piperidine rings is 1. The predicted molar refractivity (Wildman–Crippen MR) is 89.5 cm³/mol. The first-order valence-corrected chi connectivity index (χ1v) is 8.44. The van der Waals surface area contributed by atoms with Crippen LogP contribution < -0.4 is 10.6 Å². The molecular formula is C17H18N4O5. The number of fused-ring (bicyclic) bond motifs is 1. The number of nitrogens with one attached hydrogen (secondary N) is 2. The summed E-state index contributed by atoms with van der Waals surface area (Å²) in [6.45, 7) is 1.17. The maximum Gasteiger partial charge on any atom is 0.407 e. The molecule has 0 aromatic heterocycles. The zero-order valence-electron chi connectivity index (χ0n) is 13.9. The first-order valence-electron chi connectivity index (χ1n) is 8.44. The number of amides is 4. The lowest BCUT2D eigenvalue weighted by atomic mass is 10.0. The van der Waals surface area contributed by atoms with Crippen molar-refractivity contribution in [1.29, 1.82) is 0 Å². The minimum atomic E-state index is -0.928. The van der Waals surface area contributed by atoms with Gasteiger partial charge in [-0.1, -0.05) is 0 Å². The Balaban J connectivity index is 1.44. The van der Waals surface area contributed by atoms with Crippen molar-refractivity contribution < 1.29 is 24.3 Å². The van der Waals surface area contributed by atoms with Crippen LogP contribution in [0.3, 0.4) is 0 Å². The molecule has 1 unspecified atom stereocenters. The molecule has 1 aromatic rings. The number of anilines is 1. The molecule has 0 spiro atoms. The molecule has 4 rings (SSSR count). The molecule has 9 heteroatoms. The molecule has 3 N–H and O–H groups in total. The number of carboxylic acid groups (broad SMARTS) is 1. The van der Waals surface area contributed by atoms with Gasteiger partial charge in [0.15, 0.2) is 0 Å². The van der Waals surface area contributed by atoms with Gasteiger partial charge >= 0.3 is 6.09 Å². The summed E-state index contributed by atoms with van der Waals surface area (Å²) in [5.41, 5.74) is 2.19. The van der Waals surface area contributed by atoms with Crippen LogP contribution in [0, 0.1) is 0 Å². The molecule has 0 saturated carbocycles. The normalized spacial score (nSPS) is 22.8. The van der Waals surface area contributed by atoms with Crippen molar-refractivity contribution in [2.24, 2.45) is 0 Å². The number of carbonyl (C=O) groups is 4. The molecule has 0 radical (unpaired) electrons. The van der Waals surface area contributed by atoms with Crippen molar-refractivity contribution in [2.45, 2.75) is 31.5 Å². The number of hydrogen-bond donors (Lipinski definition) is 3. The maximum atomic E-state index is 12.6. The Kier molecular flexibility index (Phi) is 3.78. The van der Waals surface area contributed by atoms with Crippen molar-refractivity contribution in [3.63, 3.8) is 0 Å². The van der Waals surface area contributed by atoms with E-state index in [2.05, 4.69) is 10.6 Å². The van der Waals surface area contributed by atoms with Gasteiger partial charge in [-0.15, -0.1) is 0 Å². The lowest BCUT2D eigenvalue weighted by Crippen LogP contribution is -2.56. The van der Waals surface area contributed by atoms with Gasteiger partial charge in [0.1, 0.15) is 6.04 Å². The van der Waals surface area contributed by atoms with Crippen molar-refractivity contribution in [1.82, 2.24) is 15.1 Å². The number of imide groups is 1. The van der Waals surface area contributed by atoms with Gasteiger partial charge in [0, 0.05) is 37.3 Å². The molecule has 0 aliphatic carbocycles. The number of carbonyl (C=O) groups excluding carboxylic acids is 3. The summed E-state index contributed by atoms with van der Waals surface area (Å²) in [5.74, 6) is -0.941. The maximum absolute atomic E-state index is 12.6. The largest absolute Gasteiger partial charge is 0.465 e. The Morgan fingerprint density at radius 1 is 1.23 bits per heavy atom. The molecule has 0 bridgehead atoms. The lowest BCUT2D eigenvalue weighted by Gasteiger charge is -2.38. The second-order valence-corrected chi connectivity index (χ2v) is 6.80. The predicted octanol–water partition coefficient (Wildman–Crippen LogP) is 0.222. The van der Waals surface area contributed by atoms with Gasteiger partial charge < -0.3 is 20.2 Å². The summed E-state index contributed by atoms with van der Waals surface area (Å²) < 4.78 is 0. The van der Waals surface area contributed by atoms with Crippen LogP contribution in [0.4, 0.5) is 10.5 Å². The highest BCUT2D eigenvalue weighted by atomic mass is 16.4. The molecule has 4 amide bonds. The smallest absolute Gasteiger partial charge is 0.407 e. The third-order valence-electron chi connectivity index (χ3n) is 5.05. The van der Waals surface area contributed by atoms with Gasteiger partial charge in [-0.05, 0) is 30.2 Å². The average Bonchev–Trinajstić information content (AvgIpc) is 2.86. The summed E-state index contributed by atoms with van der Waals surface area (Å²) in [4.78, 5) is 49.6. The number of likely N-dealkylation sites (tertiary alicyclic amines) is 1. The zero-order chi connectivity index (χ0) is 18.4. The summed E-state index contributed by atoms with van der Waals surface area (Å²) in [5, 5.41) is 14.4. The molecule has 3 aliphatic heterocycles. The average molecular weight is 358 g/mol.